The van der Waals surface area contributed by atoms with Gasteiger partial charge in [0.15, 0.2) is 0 Å². The highest BCUT2D eigenvalue weighted by Crippen LogP contribution is 2.24. The van der Waals surface area contributed by atoms with Gasteiger partial charge in [-0.1, -0.05) is 0 Å². The van der Waals surface area contributed by atoms with Gasteiger partial charge in [-0.2, -0.15) is 0 Å². The molecule has 1 heterocycles. The van der Waals surface area contributed by atoms with Gasteiger partial charge in [0.05, 0.1) is 0 Å². The molecule has 0 bridgehead atoms. The molecule has 0 saturated heterocycles. The minimum Gasteiger partial charge on any atom is -0.354 e. The smallest absolute Gasteiger partial charge is 0.203 e. The van der Waals surface area contributed by atoms with Gasteiger partial charge in [-0.25, -0.2) is 4.98 Å². The van der Waals surface area contributed by atoms with Crippen LogP contribution in [0.25, 0.3) is 0 Å². The fourth-order valence-corrected chi connectivity index (χ4v) is 1.91. The van der Waals surface area contributed by atoms with Crippen LogP contribution in [0.2, 0.25) is 0 Å². The lowest BCUT2D eigenvalue weighted by atomic mass is 10.4. The summed E-state index contributed by atoms with van der Waals surface area (Å²) < 4.78 is 2.16. The van der Waals surface area contributed by atoms with E-state index in [-0.39, 0.29) is 0 Å². The second-order valence-corrected chi connectivity index (χ2v) is 4.89. The normalized spacial score (nSPS) is 16.1. The Balaban J connectivity index is 1.77. The first kappa shape index (κ1) is 11.5. The molecule has 0 radical (unpaired) electrons. The largest absolute Gasteiger partial charge is 0.354 e. The Kier molecular flexibility index (Phi) is 3.49. The SMILES string of the molecule is CC(C)n1ccnc1NCCN(C)C1CC1. The highest BCUT2D eigenvalue weighted by molar-refractivity contribution is 5.26. The Morgan fingerprint density at radius 3 is 2.94 bits per heavy atom. The van der Waals surface area contributed by atoms with Gasteiger partial charge in [0, 0.05) is 37.6 Å². The van der Waals surface area contributed by atoms with Gasteiger partial charge >= 0.3 is 0 Å². The van der Waals surface area contributed by atoms with E-state index in [9.17, 15) is 0 Å². The molecule has 1 aliphatic carbocycles. The lowest BCUT2D eigenvalue weighted by molar-refractivity contribution is 0.336. The lowest BCUT2D eigenvalue weighted by Gasteiger charge is -2.17. The summed E-state index contributed by atoms with van der Waals surface area (Å²) in [6.45, 7) is 6.40. The first-order valence-electron chi connectivity index (χ1n) is 6.15. The summed E-state index contributed by atoms with van der Waals surface area (Å²) >= 11 is 0. The third kappa shape index (κ3) is 2.76. The predicted molar refractivity (Wildman–Crippen MR) is 66.8 cm³/mol. The average molecular weight is 222 g/mol. The Morgan fingerprint density at radius 2 is 2.31 bits per heavy atom. The van der Waals surface area contributed by atoms with E-state index in [2.05, 4.69) is 40.7 Å². The second kappa shape index (κ2) is 4.87. The molecule has 1 N–H and O–H groups in total. The number of rotatable bonds is 6. The molecule has 1 aromatic rings. The third-order valence-electron chi connectivity index (χ3n) is 3.14. The van der Waals surface area contributed by atoms with E-state index >= 15 is 0 Å². The van der Waals surface area contributed by atoms with Gasteiger partial charge in [-0.3, -0.25) is 0 Å². The summed E-state index contributed by atoms with van der Waals surface area (Å²) in [4.78, 5) is 6.75. The quantitative estimate of drug-likeness (QED) is 0.799. The number of nitrogens with one attached hydrogen (secondary N) is 1. The van der Waals surface area contributed by atoms with Crippen LogP contribution in [0, 0.1) is 0 Å². The zero-order valence-corrected chi connectivity index (χ0v) is 10.5. The van der Waals surface area contributed by atoms with Crippen LogP contribution < -0.4 is 5.32 Å². The summed E-state index contributed by atoms with van der Waals surface area (Å²) in [6, 6.07) is 1.30. The molecule has 0 atom stereocenters. The van der Waals surface area contributed by atoms with Crippen molar-refractivity contribution in [3.05, 3.63) is 12.4 Å². The van der Waals surface area contributed by atoms with Crippen LogP contribution in [0.1, 0.15) is 32.7 Å². The number of nitrogens with zero attached hydrogens (tertiary/aromatic N) is 3. The summed E-state index contributed by atoms with van der Waals surface area (Å²) in [5.74, 6) is 0.985. The van der Waals surface area contributed by atoms with E-state index in [1.54, 1.807) is 0 Å². The van der Waals surface area contributed by atoms with Crippen LogP contribution >= 0.6 is 0 Å². The minimum absolute atomic E-state index is 0.464. The molecule has 1 aliphatic rings. The van der Waals surface area contributed by atoms with Crippen molar-refractivity contribution in [3.8, 4) is 0 Å². The molecule has 90 valence electrons. The molecule has 4 nitrogen and oxygen atoms in total. The zero-order chi connectivity index (χ0) is 11.5. The Hall–Kier alpha value is -1.03. The van der Waals surface area contributed by atoms with Crippen molar-refractivity contribution in [1.82, 2.24) is 14.5 Å². The van der Waals surface area contributed by atoms with E-state index in [0.29, 0.717) is 6.04 Å². The highest BCUT2D eigenvalue weighted by atomic mass is 15.2. The van der Waals surface area contributed by atoms with E-state index in [4.69, 9.17) is 0 Å². The highest BCUT2D eigenvalue weighted by Gasteiger charge is 2.25. The molecular weight excluding hydrogens is 200 g/mol. The number of hydrogen-bond acceptors (Lipinski definition) is 3. The molecule has 4 heteroatoms. The number of anilines is 1. The van der Waals surface area contributed by atoms with Crippen LogP contribution in [0.5, 0.6) is 0 Å². The third-order valence-corrected chi connectivity index (χ3v) is 3.14. The van der Waals surface area contributed by atoms with Crippen LogP contribution in [0.15, 0.2) is 12.4 Å². The van der Waals surface area contributed by atoms with E-state index < -0.39 is 0 Å². The summed E-state index contributed by atoms with van der Waals surface area (Å²) in [5, 5.41) is 3.40. The standard InChI is InChI=1S/C12H22N4/c1-10(2)16-9-7-14-12(16)13-6-8-15(3)11-4-5-11/h7,9-11H,4-6,8H2,1-3H3,(H,13,14). The zero-order valence-electron chi connectivity index (χ0n) is 10.5. The number of hydrogen-bond donors (Lipinski definition) is 1. The topological polar surface area (TPSA) is 33.1 Å². The maximum atomic E-state index is 4.33. The minimum atomic E-state index is 0.464. The van der Waals surface area contributed by atoms with Gasteiger partial charge in [-0.15, -0.1) is 0 Å². The van der Waals surface area contributed by atoms with Crippen LogP contribution in [-0.2, 0) is 0 Å². The van der Waals surface area contributed by atoms with Crippen molar-refractivity contribution in [1.29, 1.82) is 0 Å². The molecule has 0 unspecified atom stereocenters. The van der Waals surface area contributed by atoms with Gasteiger partial charge < -0.3 is 14.8 Å². The lowest BCUT2D eigenvalue weighted by Crippen LogP contribution is -2.27. The molecular formula is C12H22N4. The first-order valence-corrected chi connectivity index (χ1v) is 6.15. The Bertz CT molecular complexity index is 328. The van der Waals surface area contributed by atoms with E-state index in [1.165, 1.54) is 12.8 Å². The first-order chi connectivity index (χ1) is 7.68. The molecule has 1 aromatic heterocycles. The predicted octanol–water partition coefficient (Wildman–Crippen LogP) is 1.97. The number of likely N-dealkylation sites (N-methyl/N-ethyl adjacent to an activating group) is 1. The molecule has 1 saturated carbocycles. The fourth-order valence-electron chi connectivity index (χ4n) is 1.91. The van der Waals surface area contributed by atoms with Crippen molar-refractivity contribution in [2.24, 2.45) is 0 Å². The molecule has 0 aliphatic heterocycles. The van der Waals surface area contributed by atoms with Gasteiger partial charge in [0.1, 0.15) is 0 Å². The summed E-state index contributed by atoms with van der Waals surface area (Å²) in [7, 11) is 2.20. The maximum Gasteiger partial charge on any atom is 0.203 e. The van der Waals surface area contributed by atoms with Crippen molar-refractivity contribution < 1.29 is 0 Å². The molecule has 2 rings (SSSR count). The van der Waals surface area contributed by atoms with Crippen LogP contribution in [0.4, 0.5) is 5.95 Å². The van der Waals surface area contributed by atoms with Crippen LogP contribution in [-0.4, -0.2) is 40.6 Å². The molecule has 16 heavy (non-hydrogen) atoms. The summed E-state index contributed by atoms with van der Waals surface area (Å²) in [6.07, 6.45) is 6.62. The van der Waals surface area contributed by atoms with Gasteiger partial charge in [-0.05, 0) is 33.7 Å². The van der Waals surface area contributed by atoms with Crippen LogP contribution in [0.3, 0.4) is 0 Å². The van der Waals surface area contributed by atoms with Gasteiger partial charge in [0.2, 0.25) is 5.95 Å². The van der Waals surface area contributed by atoms with Crippen molar-refractivity contribution >= 4 is 5.95 Å². The van der Waals surface area contributed by atoms with Crippen molar-refractivity contribution in [2.45, 2.75) is 38.8 Å². The van der Waals surface area contributed by atoms with Crippen molar-refractivity contribution in [2.75, 3.05) is 25.5 Å². The molecule has 1 fully saturated rings. The summed E-state index contributed by atoms with van der Waals surface area (Å²) in [5.41, 5.74) is 0. The second-order valence-electron chi connectivity index (χ2n) is 4.89. The Morgan fingerprint density at radius 1 is 1.56 bits per heavy atom. The molecule has 0 amide bonds. The number of imidazole rings is 1. The molecule has 0 aromatic carbocycles. The van der Waals surface area contributed by atoms with Gasteiger partial charge in [0.25, 0.3) is 0 Å². The fraction of sp³-hybridized carbons (Fsp3) is 0.750. The number of aromatic nitrogens is 2. The monoisotopic (exact) mass is 222 g/mol. The average Bonchev–Trinajstić information content (AvgIpc) is 2.98. The molecule has 0 spiro atoms. The van der Waals surface area contributed by atoms with E-state index in [1.807, 2.05) is 12.4 Å². The van der Waals surface area contributed by atoms with Crippen molar-refractivity contribution in [3.63, 3.8) is 0 Å². The van der Waals surface area contributed by atoms with E-state index in [0.717, 1.165) is 25.1 Å². The Labute approximate surface area is 97.7 Å². The maximum absolute atomic E-state index is 4.33.